The van der Waals surface area contributed by atoms with Crippen molar-refractivity contribution < 1.29 is 8.42 Å². The maximum Gasteiger partial charge on any atom is 0.276 e. The normalized spacial score (nSPS) is 31.9. The van der Waals surface area contributed by atoms with Crippen LogP contribution in [0.25, 0.3) is 11.3 Å². The van der Waals surface area contributed by atoms with E-state index in [2.05, 4.69) is 33.8 Å². The van der Waals surface area contributed by atoms with Crippen molar-refractivity contribution in [1.29, 1.82) is 0 Å². The van der Waals surface area contributed by atoms with E-state index in [0.717, 1.165) is 12.8 Å². The number of benzene rings is 1. The van der Waals surface area contributed by atoms with Crippen LogP contribution in [0.15, 0.2) is 36.8 Å². The molecule has 1 saturated carbocycles. The van der Waals surface area contributed by atoms with Gasteiger partial charge in [-0.15, -0.1) is 0 Å². The van der Waals surface area contributed by atoms with Crippen LogP contribution in [0.2, 0.25) is 0 Å². The molecule has 5 rings (SSSR count). The Balaban J connectivity index is 1.44. The highest BCUT2D eigenvalue weighted by Crippen LogP contribution is 2.52. The first-order valence-electron chi connectivity index (χ1n) is 8.41. The number of hydrogen-bond donors (Lipinski definition) is 1. The van der Waals surface area contributed by atoms with E-state index >= 15 is 0 Å². The summed E-state index contributed by atoms with van der Waals surface area (Å²) in [6.07, 6.45) is 5.97. The number of nitrogens with two attached hydrogens (primary N) is 1. The molecule has 2 N–H and O–H groups in total. The van der Waals surface area contributed by atoms with E-state index in [1.807, 2.05) is 12.5 Å². The molecule has 0 spiro atoms. The Morgan fingerprint density at radius 2 is 1.79 bits per heavy atom. The van der Waals surface area contributed by atoms with Gasteiger partial charge >= 0.3 is 0 Å². The lowest BCUT2D eigenvalue weighted by molar-refractivity contribution is 0.348. The van der Waals surface area contributed by atoms with Gasteiger partial charge in [0.1, 0.15) is 0 Å². The van der Waals surface area contributed by atoms with E-state index in [1.165, 1.54) is 21.1 Å². The lowest BCUT2D eigenvalue weighted by Gasteiger charge is -2.24. The molecule has 1 aromatic heterocycles. The van der Waals surface area contributed by atoms with Crippen molar-refractivity contribution in [1.82, 2.24) is 13.9 Å². The van der Waals surface area contributed by atoms with Crippen LogP contribution in [0.4, 0.5) is 0 Å². The summed E-state index contributed by atoms with van der Waals surface area (Å²) in [4.78, 5) is 4.34. The minimum atomic E-state index is -3.55. The van der Waals surface area contributed by atoms with Gasteiger partial charge in [-0.2, -0.15) is 12.7 Å². The minimum absolute atomic E-state index is 0.326. The third kappa shape index (κ3) is 2.01. The summed E-state index contributed by atoms with van der Waals surface area (Å²) in [5.74, 6) is 1.38. The number of nitrogens with zero attached hydrogens (tertiary/aromatic N) is 3. The molecule has 2 fully saturated rings. The van der Waals surface area contributed by atoms with Gasteiger partial charge in [0, 0.05) is 18.7 Å². The molecular formula is C17H20N4O2S. The maximum atomic E-state index is 11.6. The highest BCUT2D eigenvalue weighted by atomic mass is 32.2. The summed E-state index contributed by atoms with van der Waals surface area (Å²) in [6.45, 7) is 1.15. The molecule has 126 valence electrons. The van der Waals surface area contributed by atoms with E-state index in [0.29, 0.717) is 36.9 Å². The van der Waals surface area contributed by atoms with Crippen LogP contribution < -0.4 is 5.14 Å². The smallest absolute Gasteiger partial charge is 0.276 e. The van der Waals surface area contributed by atoms with Gasteiger partial charge in [0.2, 0.25) is 0 Å². The second-order valence-corrected chi connectivity index (χ2v) is 8.88. The van der Waals surface area contributed by atoms with E-state index in [9.17, 15) is 8.42 Å². The molecule has 0 amide bonds. The molecule has 3 aliphatic rings. The monoisotopic (exact) mass is 344 g/mol. The Kier molecular flexibility index (Phi) is 2.99. The van der Waals surface area contributed by atoms with Crippen molar-refractivity contribution in [2.24, 2.45) is 22.9 Å². The lowest BCUT2D eigenvalue weighted by atomic mass is 9.90. The largest absolute Gasteiger partial charge is 0.323 e. The highest BCUT2D eigenvalue weighted by Gasteiger charge is 2.47. The highest BCUT2D eigenvalue weighted by molar-refractivity contribution is 7.86. The first-order chi connectivity index (χ1) is 11.5. The van der Waals surface area contributed by atoms with Gasteiger partial charge in [-0.1, -0.05) is 24.3 Å². The van der Waals surface area contributed by atoms with Gasteiger partial charge in [0.25, 0.3) is 10.2 Å². The van der Waals surface area contributed by atoms with Gasteiger partial charge in [-0.25, -0.2) is 10.1 Å². The second kappa shape index (κ2) is 4.91. The average molecular weight is 344 g/mol. The molecule has 2 aliphatic heterocycles. The van der Waals surface area contributed by atoms with Gasteiger partial charge in [0.05, 0.1) is 24.3 Å². The average Bonchev–Trinajstić information content (AvgIpc) is 3.24. The zero-order valence-electron chi connectivity index (χ0n) is 13.2. The van der Waals surface area contributed by atoms with Crippen LogP contribution in [-0.2, 0) is 10.2 Å². The van der Waals surface area contributed by atoms with Crippen molar-refractivity contribution in [3.63, 3.8) is 0 Å². The van der Waals surface area contributed by atoms with Crippen molar-refractivity contribution in [3.05, 3.63) is 42.4 Å². The summed E-state index contributed by atoms with van der Waals surface area (Å²) < 4.78 is 26.9. The van der Waals surface area contributed by atoms with Gasteiger partial charge in [0.15, 0.2) is 0 Å². The molecule has 1 aromatic carbocycles. The Morgan fingerprint density at radius 1 is 1.08 bits per heavy atom. The lowest BCUT2D eigenvalue weighted by Crippen LogP contribution is -2.35. The Hall–Kier alpha value is -1.70. The predicted molar refractivity (Wildman–Crippen MR) is 90.2 cm³/mol. The van der Waals surface area contributed by atoms with E-state index < -0.39 is 10.2 Å². The molecule has 3 heterocycles. The van der Waals surface area contributed by atoms with Crippen LogP contribution in [0.1, 0.15) is 24.4 Å². The number of rotatable bonds is 2. The Bertz CT molecular complexity index is 893. The molecule has 0 radical (unpaired) electrons. The first-order valence-corrected chi connectivity index (χ1v) is 9.91. The number of imidazole rings is 1. The van der Waals surface area contributed by atoms with Gasteiger partial charge in [-0.05, 0) is 36.2 Å². The van der Waals surface area contributed by atoms with Crippen molar-refractivity contribution in [3.8, 4) is 11.3 Å². The van der Waals surface area contributed by atoms with Gasteiger partial charge in [-0.3, -0.25) is 0 Å². The summed E-state index contributed by atoms with van der Waals surface area (Å²) in [6, 6.07) is 8.89. The second-order valence-electron chi connectivity index (χ2n) is 7.33. The zero-order chi connectivity index (χ0) is 16.5. The summed E-state index contributed by atoms with van der Waals surface area (Å²) in [5.41, 5.74) is 3.85. The molecule has 6 nitrogen and oxygen atoms in total. The fourth-order valence-corrected chi connectivity index (χ4v) is 5.92. The minimum Gasteiger partial charge on any atom is -0.323 e. The Morgan fingerprint density at radius 3 is 2.50 bits per heavy atom. The topological polar surface area (TPSA) is 81.2 Å². The van der Waals surface area contributed by atoms with Crippen LogP contribution in [0, 0.1) is 17.8 Å². The number of hydrogen-bond acceptors (Lipinski definition) is 3. The number of fused-ring (bicyclic) bond motifs is 4. The van der Waals surface area contributed by atoms with Crippen molar-refractivity contribution in [2.75, 3.05) is 13.1 Å². The quantitative estimate of drug-likeness (QED) is 0.899. The fourth-order valence-electron chi connectivity index (χ4n) is 5.12. The summed E-state index contributed by atoms with van der Waals surface area (Å²) >= 11 is 0. The summed E-state index contributed by atoms with van der Waals surface area (Å²) in [5, 5.41) is 5.30. The van der Waals surface area contributed by atoms with E-state index in [4.69, 9.17) is 5.14 Å². The predicted octanol–water partition coefficient (Wildman–Crippen LogP) is 1.61. The zero-order valence-corrected chi connectivity index (χ0v) is 14.1. The number of aromatic nitrogens is 2. The molecule has 2 aromatic rings. The standard InChI is InChI=1S/C17H20N4O2S/c18-24(22,23)20-8-12-5-11(6-13(12)9-20)17-15-4-2-1-3-14(15)16-7-19-10-21(16)17/h1-4,7,10-13,17H,5-6,8-9H2,(H2,18,22,23). The molecule has 0 bridgehead atoms. The van der Waals surface area contributed by atoms with Crippen LogP contribution in [0.3, 0.4) is 0 Å². The van der Waals surface area contributed by atoms with Crippen LogP contribution >= 0.6 is 0 Å². The molecule has 1 aliphatic carbocycles. The van der Waals surface area contributed by atoms with Crippen LogP contribution in [-0.4, -0.2) is 35.4 Å². The Labute approximate surface area is 141 Å². The molecule has 24 heavy (non-hydrogen) atoms. The van der Waals surface area contributed by atoms with E-state index in [-0.39, 0.29) is 0 Å². The maximum absolute atomic E-state index is 11.6. The summed E-state index contributed by atoms with van der Waals surface area (Å²) in [7, 11) is -3.55. The van der Waals surface area contributed by atoms with Crippen LogP contribution in [0.5, 0.6) is 0 Å². The SMILES string of the molecule is NS(=O)(=O)N1CC2CC(C3c4ccccc4-c4cncn43)CC2C1. The third-order valence-corrected chi connectivity index (χ3v) is 7.10. The van der Waals surface area contributed by atoms with Crippen molar-refractivity contribution >= 4 is 10.2 Å². The van der Waals surface area contributed by atoms with E-state index in [1.54, 1.807) is 0 Å². The molecule has 1 saturated heterocycles. The fraction of sp³-hybridized carbons (Fsp3) is 0.471. The first kappa shape index (κ1) is 14.6. The molecule has 3 unspecified atom stereocenters. The molecule has 7 heteroatoms. The molecule has 3 atom stereocenters. The van der Waals surface area contributed by atoms with Crippen molar-refractivity contribution in [2.45, 2.75) is 18.9 Å². The third-order valence-electron chi connectivity index (χ3n) is 6.08. The molecular weight excluding hydrogens is 324 g/mol. The van der Waals surface area contributed by atoms with Gasteiger partial charge < -0.3 is 4.57 Å².